The smallest absolute Gasteiger partial charge is 0.458 e. The molecule has 0 spiro atoms. The minimum absolute atomic E-state index is 0.00836. The third kappa shape index (κ3) is 7.39. The maximum Gasteiger partial charge on any atom is 0.573 e. The topological polar surface area (TPSA) is 95.7 Å². The lowest BCUT2D eigenvalue weighted by molar-refractivity contribution is -0.274. The lowest BCUT2D eigenvalue weighted by Gasteiger charge is -2.30. The molecule has 0 unspecified atom stereocenters. The van der Waals surface area contributed by atoms with Gasteiger partial charge in [-0.15, -0.1) is 13.2 Å². The number of hydrogen-bond donors (Lipinski definition) is 1. The standard InChI is InChI=1S/C31H32F3N3O5/c1-30(2,3)42-24(38)17-39-23-11-7-10-21(16-23)37-28-26-25(19-12-14-22(15-13-19)41-31(32,33)34)27(20-8-5-4-6-9-20)40-29(26)36-18-35-28/h4-6,8-9,12-15,18,21,23H,7,10-11,16-17H2,1-3H3,(H,35,36,37)/t21-,23-/m0/s1. The predicted octanol–water partition coefficient (Wildman–Crippen LogP) is 7.54. The van der Waals surface area contributed by atoms with E-state index < -0.39 is 17.9 Å². The largest absolute Gasteiger partial charge is 0.573 e. The molecule has 2 atom stereocenters. The van der Waals surface area contributed by atoms with Gasteiger partial charge in [0.25, 0.3) is 0 Å². The van der Waals surface area contributed by atoms with Gasteiger partial charge in [-0.1, -0.05) is 42.5 Å². The summed E-state index contributed by atoms with van der Waals surface area (Å²) in [5.74, 6) is 0.322. The van der Waals surface area contributed by atoms with E-state index in [-0.39, 0.29) is 24.5 Å². The highest BCUT2D eigenvalue weighted by molar-refractivity contribution is 6.05. The first-order chi connectivity index (χ1) is 19.9. The van der Waals surface area contributed by atoms with E-state index in [9.17, 15) is 18.0 Å². The van der Waals surface area contributed by atoms with Gasteiger partial charge in [0.05, 0.1) is 11.5 Å². The van der Waals surface area contributed by atoms with Gasteiger partial charge in [0.1, 0.15) is 35.9 Å². The summed E-state index contributed by atoms with van der Waals surface area (Å²) in [5.41, 5.74) is 1.79. The number of anilines is 1. The van der Waals surface area contributed by atoms with Crippen LogP contribution in [-0.2, 0) is 14.3 Å². The molecule has 0 aliphatic heterocycles. The number of nitrogens with zero attached hydrogens (tertiary/aromatic N) is 2. The Labute approximate surface area is 241 Å². The average Bonchev–Trinajstić information content (AvgIpc) is 3.32. The number of ether oxygens (including phenoxy) is 3. The molecule has 42 heavy (non-hydrogen) atoms. The highest BCUT2D eigenvalue weighted by Gasteiger charge is 2.31. The van der Waals surface area contributed by atoms with E-state index >= 15 is 0 Å². The van der Waals surface area contributed by atoms with E-state index in [4.69, 9.17) is 13.9 Å². The van der Waals surface area contributed by atoms with E-state index in [2.05, 4.69) is 20.0 Å². The number of carbonyl (C=O) groups is 1. The van der Waals surface area contributed by atoms with Crippen LogP contribution < -0.4 is 10.1 Å². The number of rotatable bonds is 8. The number of halogens is 3. The van der Waals surface area contributed by atoms with Gasteiger partial charge in [-0.2, -0.15) is 0 Å². The van der Waals surface area contributed by atoms with Crippen molar-refractivity contribution in [2.24, 2.45) is 0 Å². The average molecular weight is 584 g/mol. The van der Waals surface area contributed by atoms with Crippen LogP contribution in [0, 0.1) is 0 Å². The fourth-order valence-corrected chi connectivity index (χ4v) is 5.11. The van der Waals surface area contributed by atoms with Crippen LogP contribution in [-0.4, -0.2) is 46.7 Å². The molecule has 1 aliphatic rings. The fraction of sp³-hybridized carbons (Fsp3) is 0.387. The number of nitrogens with one attached hydrogen (secondary N) is 1. The van der Waals surface area contributed by atoms with Crippen LogP contribution in [0.1, 0.15) is 46.5 Å². The van der Waals surface area contributed by atoms with E-state index in [1.54, 1.807) is 12.1 Å². The summed E-state index contributed by atoms with van der Waals surface area (Å²) in [4.78, 5) is 21.0. The van der Waals surface area contributed by atoms with Gasteiger partial charge in [-0.25, -0.2) is 14.8 Å². The Balaban J connectivity index is 1.44. The maximum absolute atomic E-state index is 12.8. The first kappa shape index (κ1) is 29.4. The Kier molecular flexibility index (Phi) is 8.40. The molecule has 1 aliphatic carbocycles. The second kappa shape index (κ2) is 12.0. The molecule has 11 heteroatoms. The highest BCUT2D eigenvalue weighted by atomic mass is 19.4. The van der Waals surface area contributed by atoms with Gasteiger partial charge in [-0.05, 0) is 64.2 Å². The summed E-state index contributed by atoms with van der Waals surface area (Å²) in [6, 6.07) is 15.0. The number of fused-ring (bicyclic) bond motifs is 1. The van der Waals surface area contributed by atoms with Crippen LogP contribution in [0.15, 0.2) is 65.3 Å². The van der Waals surface area contributed by atoms with Gasteiger partial charge >= 0.3 is 12.3 Å². The van der Waals surface area contributed by atoms with E-state index in [1.807, 2.05) is 51.1 Å². The molecule has 2 aromatic heterocycles. The van der Waals surface area contributed by atoms with Crippen molar-refractivity contribution in [1.29, 1.82) is 0 Å². The Hall–Kier alpha value is -4.12. The molecule has 0 amide bonds. The molecular weight excluding hydrogens is 551 g/mol. The maximum atomic E-state index is 12.8. The molecule has 1 saturated carbocycles. The number of esters is 1. The molecule has 1 fully saturated rings. The quantitative estimate of drug-likeness (QED) is 0.213. The van der Waals surface area contributed by atoms with Gasteiger partial charge in [0, 0.05) is 17.2 Å². The number of benzene rings is 2. The molecule has 5 rings (SSSR count). The van der Waals surface area contributed by atoms with Crippen molar-refractivity contribution in [2.75, 3.05) is 11.9 Å². The normalized spacial score (nSPS) is 17.7. The Morgan fingerprint density at radius 1 is 1.00 bits per heavy atom. The number of carbonyl (C=O) groups excluding carboxylic acids is 1. The van der Waals surface area contributed by atoms with Crippen molar-refractivity contribution in [3.63, 3.8) is 0 Å². The summed E-state index contributed by atoms with van der Waals surface area (Å²) in [7, 11) is 0. The summed E-state index contributed by atoms with van der Waals surface area (Å²) in [6.07, 6.45) is -0.298. The number of hydrogen-bond acceptors (Lipinski definition) is 8. The Morgan fingerprint density at radius 3 is 2.43 bits per heavy atom. The minimum atomic E-state index is -4.79. The van der Waals surface area contributed by atoms with E-state index in [0.29, 0.717) is 40.2 Å². The third-order valence-electron chi connectivity index (χ3n) is 6.72. The first-order valence-electron chi connectivity index (χ1n) is 13.7. The van der Waals surface area contributed by atoms with Crippen molar-refractivity contribution < 1.29 is 36.6 Å². The molecule has 2 heterocycles. The summed E-state index contributed by atoms with van der Waals surface area (Å²) in [5, 5.41) is 4.13. The molecular formula is C31H32F3N3O5. The summed E-state index contributed by atoms with van der Waals surface area (Å²) in [6.45, 7) is 5.32. The number of alkyl halides is 3. The van der Waals surface area contributed by atoms with Crippen LogP contribution in [0.2, 0.25) is 0 Å². The van der Waals surface area contributed by atoms with Gasteiger partial charge in [0.15, 0.2) is 0 Å². The van der Waals surface area contributed by atoms with Crippen molar-refractivity contribution in [1.82, 2.24) is 9.97 Å². The monoisotopic (exact) mass is 583 g/mol. The van der Waals surface area contributed by atoms with E-state index in [0.717, 1.165) is 24.8 Å². The lowest BCUT2D eigenvalue weighted by Crippen LogP contribution is -2.34. The second-order valence-corrected chi connectivity index (χ2v) is 11.2. The van der Waals surface area contributed by atoms with Crippen LogP contribution in [0.25, 0.3) is 33.6 Å². The molecule has 2 aromatic carbocycles. The minimum Gasteiger partial charge on any atom is -0.458 e. The molecule has 222 valence electrons. The van der Waals surface area contributed by atoms with Crippen molar-refractivity contribution in [3.05, 3.63) is 60.9 Å². The van der Waals surface area contributed by atoms with Crippen molar-refractivity contribution in [3.8, 4) is 28.2 Å². The second-order valence-electron chi connectivity index (χ2n) is 11.2. The van der Waals surface area contributed by atoms with Crippen LogP contribution in [0.3, 0.4) is 0 Å². The molecule has 0 radical (unpaired) electrons. The molecule has 0 saturated heterocycles. The Bertz CT molecular complexity index is 1520. The highest BCUT2D eigenvalue weighted by Crippen LogP contribution is 2.43. The van der Waals surface area contributed by atoms with Gasteiger partial charge in [-0.3, -0.25) is 0 Å². The zero-order chi connectivity index (χ0) is 29.9. The fourth-order valence-electron chi connectivity index (χ4n) is 5.11. The van der Waals surface area contributed by atoms with Crippen molar-refractivity contribution in [2.45, 2.75) is 70.6 Å². The summed E-state index contributed by atoms with van der Waals surface area (Å²) >= 11 is 0. The lowest BCUT2D eigenvalue weighted by atomic mass is 9.92. The molecule has 8 nitrogen and oxygen atoms in total. The SMILES string of the molecule is CC(C)(C)OC(=O)CO[C@H]1CCC[C@H](Nc2ncnc3oc(-c4ccccc4)c(-c4ccc(OC(F)(F)F)cc4)c23)C1. The van der Waals surface area contributed by atoms with Gasteiger partial charge < -0.3 is 23.9 Å². The van der Waals surface area contributed by atoms with Crippen LogP contribution >= 0.6 is 0 Å². The van der Waals surface area contributed by atoms with Crippen molar-refractivity contribution >= 4 is 22.9 Å². The van der Waals surface area contributed by atoms with Crippen LogP contribution in [0.5, 0.6) is 5.75 Å². The Morgan fingerprint density at radius 2 is 1.74 bits per heavy atom. The van der Waals surface area contributed by atoms with Crippen LogP contribution in [0.4, 0.5) is 19.0 Å². The number of aromatic nitrogens is 2. The molecule has 1 N–H and O–H groups in total. The van der Waals surface area contributed by atoms with Gasteiger partial charge in [0.2, 0.25) is 5.71 Å². The predicted molar refractivity (Wildman–Crippen MR) is 151 cm³/mol. The summed E-state index contributed by atoms with van der Waals surface area (Å²) < 4.78 is 59.9. The zero-order valence-electron chi connectivity index (χ0n) is 23.5. The number of furan rings is 1. The molecule has 0 bridgehead atoms. The molecule has 4 aromatic rings. The first-order valence-corrected chi connectivity index (χ1v) is 13.7. The van der Waals surface area contributed by atoms with E-state index in [1.165, 1.54) is 18.5 Å². The zero-order valence-corrected chi connectivity index (χ0v) is 23.5. The third-order valence-corrected chi connectivity index (χ3v) is 6.72.